The van der Waals surface area contributed by atoms with Gasteiger partial charge in [0.05, 0.1) is 12.3 Å². The van der Waals surface area contributed by atoms with Crippen LogP contribution in [0.2, 0.25) is 0 Å². The first-order chi connectivity index (χ1) is 6.74. The quantitative estimate of drug-likeness (QED) is 0.293. The average Bonchev–Trinajstić information content (AvgIpc) is 2.45. The van der Waals surface area contributed by atoms with Gasteiger partial charge in [-0.15, -0.1) is 0 Å². The Bertz CT molecular complexity index is 243. The predicted molar refractivity (Wildman–Crippen MR) is 52.5 cm³/mol. The van der Waals surface area contributed by atoms with Gasteiger partial charge in [-0.3, -0.25) is 9.59 Å². The van der Waals surface area contributed by atoms with Gasteiger partial charge >= 0.3 is 11.9 Å². The highest BCUT2D eigenvalue weighted by molar-refractivity contribution is 5.94. The lowest BCUT2D eigenvalue weighted by Crippen LogP contribution is -2.05. The second-order valence-electron chi connectivity index (χ2n) is 3.54. The second kappa shape index (κ2) is 5.58. The SMILES string of the molecule is CCCCC=CCC1CC(=O)OC1=O. The largest absolute Gasteiger partial charge is 0.393 e. The molecular weight excluding hydrogens is 180 g/mol. The van der Waals surface area contributed by atoms with Gasteiger partial charge in [-0.2, -0.15) is 0 Å². The summed E-state index contributed by atoms with van der Waals surface area (Å²) in [5, 5.41) is 0. The van der Waals surface area contributed by atoms with Crippen LogP contribution in [0.25, 0.3) is 0 Å². The van der Waals surface area contributed by atoms with Crippen LogP contribution in [0.15, 0.2) is 12.2 Å². The lowest BCUT2D eigenvalue weighted by Gasteiger charge is -1.97. The average molecular weight is 196 g/mol. The van der Waals surface area contributed by atoms with Crippen molar-refractivity contribution in [3.8, 4) is 0 Å². The van der Waals surface area contributed by atoms with E-state index in [2.05, 4.69) is 17.7 Å². The van der Waals surface area contributed by atoms with E-state index in [1.54, 1.807) is 0 Å². The van der Waals surface area contributed by atoms with Crippen LogP contribution in [0.5, 0.6) is 0 Å². The van der Waals surface area contributed by atoms with E-state index in [4.69, 9.17) is 0 Å². The Balaban J connectivity index is 2.21. The van der Waals surface area contributed by atoms with Crippen molar-refractivity contribution in [1.82, 2.24) is 0 Å². The third kappa shape index (κ3) is 3.32. The molecule has 14 heavy (non-hydrogen) atoms. The first kappa shape index (κ1) is 11.0. The Morgan fingerprint density at radius 2 is 2.21 bits per heavy atom. The van der Waals surface area contributed by atoms with Crippen molar-refractivity contribution in [3.63, 3.8) is 0 Å². The molecule has 0 aliphatic carbocycles. The Hall–Kier alpha value is -1.12. The van der Waals surface area contributed by atoms with Gasteiger partial charge < -0.3 is 4.74 Å². The lowest BCUT2D eigenvalue weighted by molar-refractivity contribution is -0.153. The molecule has 0 aromatic rings. The van der Waals surface area contributed by atoms with Crippen LogP contribution >= 0.6 is 0 Å². The maximum Gasteiger partial charge on any atom is 0.317 e. The van der Waals surface area contributed by atoms with Crippen LogP contribution in [0.1, 0.15) is 39.0 Å². The van der Waals surface area contributed by atoms with Gasteiger partial charge in [-0.25, -0.2) is 0 Å². The zero-order chi connectivity index (χ0) is 10.4. The summed E-state index contributed by atoms with van der Waals surface area (Å²) in [5.41, 5.74) is 0. The molecule has 0 bridgehead atoms. The first-order valence-electron chi connectivity index (χ1n) is 5.13. The number of rotatable bonds is 5. The summed E-state index contributed by atoms with van der Waals surface area (Å²) >= 11 is 0. The first-order valence-corrected chi connectivity index (χ1v) is 5.13. The Morgan fingerprint density at radius 1 is 1.43 bits per heavy atom. The fourth-order valence-corrected chi connectivity index (χ4v) is 1.40. The van der Waals surface area contributed by atoms with E-state index in [0.29, 0.717) is 6.42 Å². The third-order valence-corrected chi connectivity index (χ3v) is 2.27. The Morgan fingerprint density at radius 3 is 2.79 bits per heavy atom. The fraction of sp³-hybridized carbons (Fsp3) is 0.636. The molecule has 1 heterocycles. The molecule has 0 aromatic heterocycles. The van der Waals surface area contributed by atoms with Gasteiger partial charge in [0.1, 0.15) is 0 Å². The smallest absolute Gasteiger partial charge is 0.317 e. The monoisotopic (exact) mass is 196 g/mol. The normalized spacial score (nSPS) is 21.9. The third-order valence-electron chi connectivity index (χ3n) is 2.27. The molecule has 3 nitrogen and oxygen atoms in total. The highest BCUT2D eigenvalue weighted by atomic mass is 16.6. The molecule has 0 saturated carbocycles. The predicted octanol–water partition coefficient (Wildman–Crippen LogP) is 2.21. The molecule has 0 aromatic carbocycles. The van der Waals surface area contributed by atoms with Crippen molar-refractivity contribution in [3.05, 3.63) is 12.2 Å². The van der Waals surface area contributed by atoms with Crippen LogP contribution in [0.4, 0.5) is 0 Å². The van der Waals surface area contributed by atoms with Crippen molar-refractivity contribution in [2.75, 3.05) is 0 Å². The number of allylic oxidation sites excluding steroid dienone is 2. The maximum absolute atomic E-state index is 11.0. The number of hydrogen-bond donors (Lipinski definition) is 0. The number of carbonyl (C=O) groups is 2. The molecule has 0 spiro atoms. The van der Waals surface area contributed by atoms with Crippen LogP contribution in [0.3, 0.4) is 0 Å². The molecule has 0 radical (unpaired) electrons. The standard InChI is InChI=1S/C11H16O3/c1-2-3-4-5-6-7-9-8-10(12)14-11(9)13/h5-6,9H,2-4,7-8H2,1H3. The van der Waals surface area contributed by atoms with Gasteiger partial charge in [-0.1, -0.05) is 31.9 Å². The lowest BCUT2D eigenvalue weighted by atomic mass is 10.0. The molecule has 0 N–H and O–H groups in total. The minimum absolute atomic E-state index is 0.236. The van der Waals surface area contributed by atoms with Gasteiger partial charge in [0.15, 0.2) is 0 Å². The fourth-order valence-electron chi connectivity index (χ4n) is 1.40. The van der Waals surface area contributed by atoms with Crippen molar-refractivity contribution in [1.29, 1.82) is 0 Å². The second-order valence-corrected chi connectivity index (χ2v) is 3.54. The molecule has 1 aliphatic rings. The molecule has 1 unspecified atom stereocenters. The highest BCUT2D eigenvalue weighted by Crippen LogP contribution is 2.19. The van der Waals surface area contributed by atoms with Crippen LogP contribution in [0, 0.1) is 5.92 Å². The summed E-state index contributed by atoms with van der Waals surface area (Å²) in [6.45, 7) is 2.14. The summed E-state index contributed by atoms with van der Waals surface area (Å²) in [7, 11) is 0. The number of hydrogen-bond acceptors (Lipinski definition) is 3. The van der Waals surface area contributed by atoms with E-state index >= 15 is 0 Å². The molecule has 1 rings (SSSR count). The molecule has 1 aliphatic heterocycles. The summed E-state index contributed by atoms with van der Waals surface area (Å²) in [6, 6.07) is 0. The van der Waals surface area contributed by atoms with Crippen molar-refractivity contribution >= 4 is 11.9 Å². The summed E-state index contributed by atoms with van der Waals surface area (Å²) in [5.74, 6) is -0.988. The number of unbranched alkanes of at least 4 members (excludes halogenated alkanes) is 2. The summed E-state index contributed by atoms with van der Waals surface area (Å²) < 4.78 is 4.44. The van der Waals surface area contributed by atoms with Crippen LogP contribution in [-0.4, -0.2) is 11.9 Å². The highest BCUT2D eigenvalue weighted by Gasteiger charge is 2.31. The molecular formula is C11H16O3. The molecule has 1 atom stereocenters. The van der Waals surface area contributed by atoms with Crippen molar-refractivity contribution < 1.29 is 14.3 Å². The van der Waals surface area contributed by atoms with Crippen LogP contribution < -0.4 is 0 Å². The molecule has 1 fully saturated rings. The minimum Gasteiger partial charge on any atom is -0.393 e. The number of esters is 2. The summed E-state index contributed by atoms with van der Waals surface area (Å²) in [6.07, 6.45) is 8.32. The Kier molecular flexibility index (Phi) is 4.36. The van der Waals surface area contributed by atoms with E-state index in [1.807, 2.05) is 6.08 Å². The van der Waals surface area contributed by atoms with Crippen LogP contribution in [-0.2, 0) is 14.3 Å². The number of carbonyl (C=O) groups excluding carboxylic acids is 2. The van der Waals surface area contributed by atoms with Crippen molar-refractivity contribution in [2.24, 2.45) is 5.92 Å². The molecule has 3 heteroatoms. The zero-order valence-corrected chi connectivity index (χ0v) is 8.49. The van der Waals surface area contributed by atoms with Gasteiger partial charge in [0.25, 0.3) is 0 Å². The molecule has 1 saturated heterocycles. The van der Waals surface area contributed by atoms with E-state index in [0.717, 1.165) is 6.42 Å². The maximum atomic E-state index is 11.0. The van der Waals surface area contributed by atoms with E-state index < -0.39 is 0 Å². The summed E-state index contributed by atoms with van der Waals surface area (Å²) in [4.78, 5) is 21.8. The number of ether oxygens (including phenoxy) is 1. The van der Waals surface area contributed by atoms with Crippen molar-refractivity contribution in [2.45, 2.75) is 39.0 Å². The van der Waals surface area contributed by atoms with E-state index in [1.165, 1.54) is 12.8 Å². The Labute approximate surface area is 84.1 Å². The van der Waals surface area contributed by atoms with E-state index in [-0.39, 0.29) is 24.3 Å². The minimum atomic E-state index is -0.387. The van der Waals surface area contributed by atoms with Gasteiger partial charge in [0, 0.05) is 0 Å². The topological polar surface area (TPSA) is 43.4 Å². The number of cyclic esters (lactones) is 2. The zero-order valence-electron chi connectivity index (χ0n) is 8.49. The van der Waals surface area contributed by atoms with Gasteiger partial charge in [-0.05, 0) is 12.8 Å². The molecule has 0 amide bonds. The molecule has 78 valence electrons. The van der Waals surface area contributed by atoms with Gasteiger partial charge in [0.2, 0.25) is 0 Å². The van der Waals surface area contributed by atoms with E-state index in [9.17, 15) is 9.59 Å².